The van der Waals surface area contributed by atoms with Crippen molar-refractivity contribution in [2.75, 3.05) is 0 Å². The molecule has 1 heterocycles. The molecule has 0 unspecified atom stereocenters. The molecule has 1 aliphatic heterocycles. The zero-order chi connectivity index (χ0) is 18.0. The summed E-state index contributed by atoms with van der Waals surface area (Å²) in [5.41, 5.74) is -0.642. The molecule has 2 fully saturated rings. The van der Waals surface area contributed by atoms with Crippen LogP contribution in [-0.2, 0) is 4.79 Å². The number of hydrogen-bond acceptors (Lipinski definition) is 4. The van der Waals surface area contributed by atoms with Crippen LogP contribution < -0.4 is 0 Å². The van der Waals surface area contributed by atoms with Gasteiger partial charge in [-0.05, 0) is 43.2 Å². The van der Waals surface area contributed by atoms with E-state index in [9.17, 15) is 19.5 Å². The van der Waals surface area contributed by atoms with E-state index in [1.807, 2.05) is 6.92 Å². The van der Waals surface area contributed by atoms with Gasteiger partial charge in [0.15, 0.2) is 0 Å². The van der Waals surface area contributed by atoms with Crippen molar-refractivity contribution in [2.45, 2.75) is 57.6 Å². The third kappa shape index (κ3) is 2.08. The molecule has 0 radical (unpaired) electrons. The molecule has 3 aliphatic rings. The van der Waals surface area contributed by atoms with Gasteiger partial charge in [-0.2, -0.15) is 0 Å². The SMILES string of the molecule is C[C@H]1C(=O)CC[C@@]2(C)CC[C@@H](N3C(=O)c4ccccc4C3=O)C[C@@]12O. The number of carbonyl (C=O) groups is 3. The fraction of sp³-hybridized carbons (Fsp3) is 0.550. The van der Waals surface area contributed by atoms with Crippen LogP contribution >= 0.6 is 0 Å². The Morgan fingerprint density at radius 1 is 1.08 bits per heavy atom. The number of aliphatic hydroxyl groups is 1. The Morgan fingerprint density at radius 2 is 1.68 bits per heavy atom. The van der Waals surface area contributed by atoms with Crippen LogP contribution in [0.25, 0.3) is 0 Å². The molecule has 2 amide bonds. The maximum atomic E-state index is 12.8. The van der Waals surface area contributed by atoms with E-state index in [0.717, 1.165) is 0 Å². The Kier molecular flexibility index (Phi) is 3.45. The van der Waals surface area contributed by atoms with Gasteiger partial charge in [-0.3, -0.25) is 19.3 Å². The smallest absolute Gasteiger partial charge is 0.261 e. The standard InChI is InChI=1S/C20H23NO4/c1-12-16(22)8-10-19(2)9-7-13(11-20(12,19)25)21-17(23)14-5-3-4-6-15(14)18(21)24/h3-6,12-13,25H,7-11H2,1-2H3/t12-,13+,19+,20+/m0/s1. The van der Waals surface area contributed by atoms with Gasteiger partial charge >= 0.3 is 0 Å². The lowest BCUT2D eigenvalue weighted by molar-refractivity contribution is -0.181. The number of Topliss-reactive ketones (excluding diaryl/α,β-unsaturated/α-hetero) is 1. The first kappa shape index (κ1) is 16.5. The van der Waals surface area contributed by atoms with Crippen LogP contribution in [0.1, 0.15) is 66.7 Å². The maximum absolute atomic E-state index is 12.8. The van der Waals surface area contributed by atoms with Crippen molar-refractivity contribution in [1.29, 1.82) is 0 Å². The molecule has 0 aromatic heterocycles. The molecule has 0 spiro atoms. The second-order valence-electron chi connectivity index (χ2n) is 8.10. The Morgan fingerprint density at radius 3 is 2.28 bits per heavy atom. The van der Waals surface area contributed by atoms with Gasteiger partial charge in [-0.15, -0.1) is 0 Å². The van der Waals surface area contributed by atoms with Crippen molar-refractivity contribution in [1.82, 2.24) is 4.90 Å². The first-order chi connectivity index (χ1) is 11.8. The molecule has 1 aromatic carbocycles. The molecule has 2 saturated carbocycles. The number of hydrogen-bond donors (Lipinski definition) is 1. The minimum Gasteiger partial charge on any atom is -0.388 e. The number of benzene rings is 1. The molecule has 5 heteroatoms. The summed E-state index contributed by atoms with van der Waals surface area (Å²) in [6, 6.07) is 6.48. The molecule has 4 rings (SSSR count). The van der Waals surface area contributed by atoms with E-state index >= 15 is 0 Å². The summed E-state index contributed by atoms with van der Waals surface area (Å²) in [4.78, 5) is 39.0. The van der Waals surface area contributed by atoms with E-state index in [2.05, 4.69) is 0 Å². The molecular weight excluding hydrogens is 318 g/mol. The summed E-state index contributed by atoms with van der Waals surface area (Å²) < 4.78 is 0. The largest absolute Gasteiger partial charge is 0.388 e. The molecular formula is C20H23NO4. The van der Waals surface area contributed by atoms with Crippen LogP contribution in [-0.4, -0.2) is 39.2 Å². The predicted molar refractivity (Wildman–Crippen MR) is 91.0 cm³/mol. The highest BCUT2D eigenvalue weighted by Gasteiger charge is 2.59. The quantitative estimate of drug-likeness (QED) is 0.797. The zero-order valence-corrected chi connectivity index (χ0v) is 14.6. The van der Waals surface area contributed by atoms with E-state index in [4.69, 9.17) is 0 Å². The molecule has 0 saturated heterocycles. The highest BCUT2D eigenvalue weighted by molar-refractivity contribution is 6.21. The topological polar surface area (TPSA) is 74.7 Å². The van der Waals surface area contributed by atoms with Gasteiger partial charge in [-0.1, -0.05) is 26.0 Å². The molecule has 1 aromatic rings. The summed E-state index contributed by atoms with van der Waals surface area (Å²) in [5.74, 6) is -0.965. The summed E-state index contributed by atoms with van der Waals surface area (Å²) in [7, 11) is 0. The number of nitrogens with zero attached hydrogens (tertiary/aromatic N) is 1. The first-order valence-electron chi connectivity index (χ1n) is 9.00. The second kappa shape index (κ2) is 5.24. The summed E-state index contributed by atoms with van der Waals surface area (Å²) in [6.07, 6.45) is 2.82. The maximum Gasteiger partial charge on any atom is 0.261 e. The van der Waals surface area contributed by atoms with Crippen molar-refractivity contribution in [3.05, 3.63) is 35.4 Å². The molecule has 132 valence electrons. The molecule has 0 bridgehead atoms. The summed E-state index contributed by atoms with van der Waals surface area (Å²) in [5, 5.41) is 11.4. The van der Waals surface area contributed by atoms with Gasteiger partial charge in [0.25, 0.3) is 11.8 Å². The number of amides is 2. The number of ketones is 1. The summed E-state index contributed by atoms with van der Waals surface area (Å²) in [6.45, 7) is 3.82. The van der Waals surface area contributed by atoms with Gasteiger partial charge in [-0.25, -0.2) is 0 Å². The van der Waals surface area contributed by atoms with Crippen molar-refractivity contribution in [3.8, 4) is 0 Å². The van der Waals surface area contributed by atoms with Crippen molar-refractivity contribution < 1.29 is 19.5 Å². The van der Waals surface area contributed by atoms with Gasteiger partial charge in [0, 0.05) is 18.4 Å². The number of rotatable bonds is 1. The zero-order valence-electron chi connectivity index (χ0n) is 14.6. The van der Waals surface area contributed by atoms with Gasteiger partial charge in [0.2, 0.25) is 0 Å². The monoisotopic (exact) mass is 341 g/mol. The lowest BCUT2D eigenvalue weighted by Gasteiger charge is -2.56. The van der Waals surface area contributed by atoms with Crippen molar-refractivity contribution in [2.24, 2.45) is 11.3 Å². The van der Waals surface area contributed by atoms with Crippen LogP contribution in [0.2, 0.25) is 0 Å². The lowest BCUT2D eigenvalue weighted by Crippen LogP contribution is -2.63. The fourth-order valence-electron chi connectivity index (χ4n) is 5.09. The van der Waals surface area contributed by atoms with Crippen LogP contribution in [0.3, 0.4) is 0 Å². The average Bonchev–Trinajstić information content (AvgIpc) is 2.85. The number of carbonyl (C=O) groups excluding carboxylic acids is 3. The molecule has 25 heavy (non-hydrogen) atoms. The van der Waals surface area contributed by atoms with Crippen LogP contribution in [0.15, 0.2) is 24.3 Å². The average molecular weight is 341 g/mol. The van der Waals surface area contributed by atoms with E-state index in [1.54, 1.807) is 31.2 Å². The fourth-order valence-corrected chi connectivity index (χ4v) is 5.09. The molecule has 2 aliphatic carbocycles. The van der Waals surface area contributed by atoms with Gasteiger partial charge in [0.05, 0.1) is 16.7 Å². The van der Waals surface area contributed by atoms with Crippen LogP contribution in [0.4, 0.5) is 0 Å². The molecule has 1 N–H and O–H groups in total. The van der Waals surface area contributed by atoms with E-state index in [0.29, 0.717) is 36.8 Å². The Hall–Kier alpha value is -2.01. The Balaban J connectivity index is 1.67. The van der Waals surface area contributed by atoms with Gasteiger partial charge in [0.1, 0.15) is 5.78 Å². The molecule has 4 atom stereocenters. The van der Waals surface area contributed by atoms with Crippen LogP contribution in [0, 0.1) is 11.3 Å². The van der Waals surface area contributed by atoms with Crippen molar-refractivity contribution in [3.63, 3.8) is 0 Å². The Labute approximate surface area is 147 Å². The highest BCUT2D eigenvalue weighted by Crippen LogP contribution is 2.55. The third-order valence-electron chi connectivity index (χ3n) is 6.93. The molecule has 5 nitrogen and oxygen atoms in total. The van der Waals surface area contributed by atoms with Gasteiger partial charge < -0.3 is 5.11 Å². The minimum absolute atomic E-state index is 0.0722. The number of imide groups is 1. The van der Waals surface area contributed by atoms with Crippen molar-refractivity contribution >= 4 is 17.6 Å². The summed E-state index contributed by atoms with van der Waals surface area (Å²) >= 11 is 0. The third-order valence-corrected chi connectivity index (χ3v) is 6.93. The lowest BCUT2D eigenvalue weighted by atomic mass is 9.52. The predicted octanol–water partition coefficient (Wildman–Crippen LogP) is 2.57. The van der Waals surface area contributed by atoms with E-state index in [1.165, 1.54) is 4.90 Å². The second-order valence-corrected chi connectivity index (χ2v) is 8.10. The Bertz CT molecular complexity index is 753. The first-order valence-corrected chi connectivity index (χ1v) is 9.00. The van der Waals surface area contributed by atoms with E-state index < -0.39 is 11.5 Å². The minimum atomic E-state index is -1.17. The number of fused-ring (bicyclic) bond motifs is 2. The normalized spacial score (nSPS) is 37.9. The van der Waals surface area contributed by atoms with Crippen LogP contribution in [0.5, 0.6) is 0 Å². The highest BCUT2D eigenvalue weighted by atomic mass is 16.3. The van der Waals surface area contributed by atoms with E-state index in [-0.39, 0.29) is 35.5 Å².